The summed E-state index contributed by atoms with van der Waals surface area (Å²) in [6.45, 7) is 0.512. The van der Waals surface area contributed by atoms with Gasteiger partial charge in [-0.1, -0.05) is 66.7 Å². The van der Waals surface area contributed by atoms with Crippen molar-refractivity contribution in [3.63, 3.8) is 0 Å². The second-order valence-electron chi connectivity index (χ2n) is 9.40. The maximum absolute atomic E-state index is 13.9. The molecule has 2 amide bonds. The van der Waals surface area contributed by atoms with Crippen molar-refractivity contribution in [2.75, 3.05) is 20.2 Å². The van der Waals surface area contributed by atoms with Crippen LogP contribution in [0.3, 0.4) is 0 Å². The number of carboxylic acids is 1. The van der Waals surface area contributed by atoms with Crippen LogP contribution in [0.5, 0.6) is 5.75 Å². The van der Waals surface area contributed by atoms with Crippen molar-refractivity contribution in [2.45, 2.75) is 19.4 Å². The number of carboxylic acid groups (broad SMARTS) is 1. The summed E-state index contributed by atoms with van der Waals surface area (Å²) in [7, 11) is 1.58. The van der Waals surface area contributed by atoms with Crippen molar-refractivity contribution < 1.29 is 28.6 Å². The van der Waals surface area contributed by atoms with E-state index in [1.807, 2.05) is 24.3 Å². The summed E-state index contributed by atoms with van der Waals surface area (Å²) >= 11 is 0. The summed E-state index contributed by atoms with van der Waals surface area (Å²) in [6.07, 6.45) is 0.266. The Labute approximate surface area is 238 Å². The minimum Gasteiger partial charge on any atom is -0.496 e. The number of carbonyl (C=O) groups excluding carboxylic acids is 2. The van der Waals surface area contributed by atoms with E-state index in [1.165, 1.54) is 17.0 Å². The predicted octanol–water partition coefficient (Wildman–Crippen LogP) is 5.59. The lowest BCUT2D eigenvalue weighted by molar-refractivity contribution is -0.137. The molecule has 4 rings (SSSR count). The summed E-state index contributed by atoms with van der Waals surface area (Å²) in [4.78, 5) is 40.1. The highest BCUT2D eigenvalue weighted by Gasteiger charge is 2.23. The summed E-state index contributed by atoms with van der Waals surface area (Å²) in [6, 6.07) is 27.3. The SMILES string of the molecule is COc1ccccc1CCN(CCC(=O)O)C(=O)c1ccccc1-c1ccccc1C(=O)NCc1ccc(F)cc1. The number of para-hydroxylation sites is 1. The summed E-state index contributed by atoms with van der Waals surface area (Å²) in [5.74, 6) is -1.34. The lowest BCUT2D eigenvalue weighted by Crippen LogP contribution is -2.35. The van der Waals surface area contributed by atoms with Crippen molar-refractivity contribution in [3.05, 3.63) is 125 Å². The molecule has 0 aromatic heterocycles. The lowest BCUT2D eigenvalue weighted by atomic mass is 9.94. The Kier molecular flexibility index (Phi) is 9.83. The first-order valence-electron chi connectivity index (χ1n) is 13.2. The molecule has 2 N–H and O–H groups in total. The topological polar surface area (TPSA) is 95.9 Å². The van der Waals surface area contributed by atoms with E-state index in [0.717, 1.165) is 11.1 Å². The van der Waals surface area contributed by atoms with Crippen LogP contribution in [-0.4, -0.2) is 48.0 Å². The number of benzene rings is 4. The first kappa shape index (κ1) is 29.0. The Bertz CT molecular complexity index is 1520. The van der Waals surface area contributed by atoms with E-state index in [9.17, 15) is 23.9 Å². The van der Waals surface area contributed by atoms with E-state index in [1.54, 1.807) is 67.8 Å². The van der Waals surface area contributed by atoms with Gasteiger partial charge in [-0.25, -0.2) is 4.39 Å². The highest BCUT2D eigenvalue weighted by atomic mass is 19.1. The number of ether oxygens (including phenoxy) is 1. The van der Waals surface area contributed by atoms with Crippen molar-refractivity contribution in [3.8, 4) is 16.9 Å². The molecule has 0 radical (unpaired) electrons. The fourth-order valence-corrected chi connectivity index (χ4v) is 4.58. The van der Waals surface area contributed by atoms with E-state index in [0.29, 0.717) is 34.4 Å². The molecule has 0 bridgehead atoms. The van der Waals surface area contributed by atoms with E-state index in [2.05, 4.69) is 5.32 Å². The van der Waals surface area contributed by atoms with Gasteiger partial charge in [0.15, 0.2) is 0 Å². The summed E-state index contributed by atoms with van der Waals surface area (Å²) in [5, 5.41) is 12.2. The fraction of sp³-hybridized carbons (Fsp3) is 0.182. The molecule has 210 valence electrons. The van der Waals surface area contributed by atoms with Gasteiger partial charge in [0.25, 0.3) is 11.8 Å². The number of hydrogen-bond donors (Lipinski definition) is 2. The van der Waals surface area contributed by atoms with Crippen LogP contribution >= 0.6 is 0 Å². The second kappa shape index (κ2) is 13.9. The number of amides is 2. The molecule has 0 aliphatic carbocycles. The molecule has 41 heavy (non-hydrogen) atoms. The molecule has 0 unspecified atom stereocenters. The van der Waals surface area contributed by atoms with Gasteiger partial charge in [-0.3, -0.25) is 14.4 Å². The number of nitrogens with one attached hydrogen (secondary N) is 1. The first-order chi connectivity index (χ1) is 19.9. The van der Waals surface area contributed by atoms with Crippen LogP contribution in [0.2, 0.25) is 0 Å². The molecule has 4 aromatic carbocycles. The highest BCUT2D eigenvalue weighted by molar-refractivity contribution is 6.06. The maximum atomic E-state index is 13.9. The van der Waals surface area contributed by atoms with E-state index >= 15 is 0 Å². The standard InChI is InChI=1S/C33H31FN2O5/c1-41-30-13-7-2-8-24(30)18-20-36(21-19-31(37)38)33(40)29-12-6-4-10-27(29)26-9-3-5-11-28(26)32(39)35-22-23-14-16-25(34)17-15-23/h2-17H,18-22H2,1H3,(H,35,39)(H,37,38). The maximum Gasteiger partial charge on any atom is 0.305 e. The molecule has 0 heterocycles. The number of hydrogen-bond acceptors (Lipinski definition) is 4. The van der Waals surface area contributed by atoms with Crippen molar-refractivity contribution in [1.82, 2.24) is 10.2 Å². The zero-order valence-corrected chi connectivity index (χ0v) is 22.7. The van der Waals surface area contributed by atoms with Crippen molar-refractivity contribution >= 4 is 17.8 Å². The zero-order chi connectivity index (χ0) is 29.2. The first-order valence-corrected chi connectivity index (χ1v) is 13.2. The van der Waals surface area contributed by atoms with Gasteiger partial charge in [0, 0.05) is 30.8 Å². The van der Waals surface area contributed by atoms with Crippen molar-refractivity contribution in [1.29, 1.82) is 0 Å². The average molecular weight is 555 g/mol. The highest BCUT2D eigenvalue weighted by Crippen LogP contribution is 2.29. The van der Waals surface area contributed by atoms with Crippen LogP contribution in [0.1, 0.15) is 38.3 Å². The molecule has 0 atom stereocenters. The van der Waals surface area contributed by atoms with Gasteiger partial charge >= 0.3 is 5.97 Å². The number of rotatable bonds is 12. The minimum atomic E-state index is -1.00. The van der Waals surface area contributed by atoms with Crippen LogP contribution in [0.25, 0.3) is 11.1 Å². The van der Waals surface area contributed by atoms with Crippen LogP contribution in [0.15, 0.2) is 97.1 Å². The van der Waals surface area contributed by atoms with E-state index in [4.69, 9.17) is 4.74 Å². The van der Waals surface area contributed by atoms with Crippen LogP contribution < -0.4 is 10.1 Å². The minimum absolute atomic E-state index is 0.0253. The second-order valence-corrected chi connectivity index (χ2v) is 9.40. The number of methoxy groups -OCH3 is 1. The number of nitrogens with zero attached hydrogens (tertiary/aromatic N) is 1. The average Bonchev–Trinajstić information content (AvgIpc) is 3.00. The van der Waals surface area contributed by atoms with Crippen LogP contribution in [0.4, 0.5) is 4.39 Å². The monoisotopic (exact) mass is 554 g/mol. The van der Waals surface area contributed by atoms with Gasteiger partial charge in [-0.15, -0.1) is 0 Å². The number of carbonyl (C=O) groups is 3. The van der Waals surface area contributed by atoms with Gasteiger partial charge in [0.2, 0.25) is 0 Å². The Balaban J connectivity index is 1.61. The number of aliphatic carboxylic acids is 1. The molecule has 0 aliphatic rings. The molecular weight excluding hydrogens is 523 g/mol. The third kappa shape index (κ3) is 7.57. The number of halogens is 1. The molecule has 0 fully saturated rings. The van der Waals surface area contributed by atoms with E-state index in [-0.39, 0.29) is 43.7 Å². The Hall–Kier alpha value is -4.98. The summed E-state index contributed by atoms with van der Waals surface area (Å²) in [5.41, 5.74) is 3.51. The van der Waals surface area contributed by atoms with Gasteiger partial charge in [-0.05, 0) is 59.0 Å². The molecule has 0 aliphatic heterocycles. The smallest absolute Gasteiger partial charge is 0.305 e. The largest absolute Gasteiger partial charge is 0.496 e. The molecule has 0 saturated carbocycles. The Morgan fingerprint density at radius 1 is 0.805 bits per heavy atom. The van der Waals surface area contributed by atoms with Crippen LogP contribution in [0, 0.1) is 5.82 Å². The molecular formula is C33H31FN2O5. The Morgan fingerprint density at radius 2 is 1.41 bits per heavy atom. The zero-order valence-electron chi connectivity index (χ0n) is 22.7. The molecule has 0 spiro atoms. The third-order valence-corrected chi connectivity index (χ3v) is 6.71. The molecule has 7 nitrogen and oxygen atoms in total. The fourth-order valence-electron chi connectivity index (χ4n) is 4.58. The Morgan fingerprint density at radius 3 is 2.10 bits per heavy atom. The predicted molar refractivity (Wildman–Crippen MR) is 154 cm³/mol. The third-order valence-electron chi connectivity index (χ3n) is 6.71. The summed E-state index contributed by atoms with van der Waals surface area (Å²) < 4.78 is 18.7. The van der Waals surface area contributed by atoms with Gasteiger partial charge in [0.1, 0.15) is 11.6 Å². The van der Waals surface area contributed by atoms with E-state index < -0.39 is 5.97 Å². The molecule has 4 aromatic rings. The normalized spacial score (nSPS) is 10.6. The van der Waals surface area contributed by atoms with Gasteiger partial charge in [0.05, 0.1) is 13.5 Å². The van der Waals surface area contributed by atoms with Crippen molar-refractivity contribution in [2.24, 2.45) is 0 Å². The van der Waals surface area contributed by atoms with Gasteiger partial charge < -0.3 is 20.1 Å². The quantitative estimate of drug-likeness (QED) is 0.238. The molecule has 0 saturated heterocycles. The van der Waals surface area contributed by atoms with Crippen LogP contribution in [-0.2, 0) is 17.8 Å². The lowest BCUT2D eigenvalue weighted by Gasteiger charge is -2.24. The molecule has 8 heteroatoms. The van der Waals surface area contributed by atoms with Gasteiger partial charge in [-0.2, -0.15) is 0 Å².